The monoisotopic (exact) mass is 302 g/mol. The van der Waals surface area contributed by atoms with E-state index in [-0.39, 0.29) is 23.2 Å². The van der Waals surface area contributed by atoms with Crippen LogP contribution in [0.3, 0.4) is 0 Å². The predicted octanol–water partition coefficient (Wildman–Crippen LogP) is 3.03. The minimum Gasteiger partial charge on any atom is -0.381 e. The van der Waals surface area contributed by atoms with E-state index in [0.29, 0.717) is 17.1 Å². The van der Waals surface area contributed by atoms with Crippen LogP contribution in [0.25, 0.3) is 0 Å². The van der Waals surface area contributed by atoms with Crippen LogP contribution < -0.4 is 0 Å². The number of amides is 1. The second-order valence-corrected chi connectivity index (χ2v) is 5.49. The Balaban J connectivity index is 2.13. The first-order valence-corrected chi connectivity index (χ1v) is 6.93. The number of carbonyl (C=O) groups is 1. The fourth-order valence-electron chi connectivity index (χ4n) is 2.35. The number of pyridine rings is 1. The van der Waals surface area contributed by atoms with E-state index in [1.54, 1.807) is 13.2 Å². The molecular formula is C13H16Cl2N2O2. The van der Waals surface area contributed by atoms with Crippen LogP contribution >= 0.6 is 23.2 Å². The van der Waals surface area contributed by atoms with Crippen LogP contribution in [-0.2, 0) is 4.74 Å². The van der Waals surface area contributed by atoms with Gasteiger partial charge in [-0.1, -0.05) is 23.2 Å². The first-order valence-electron chi connectivity index (χ1n) is 6.17. The van der Waals surface area contributed by atoms with Crippen molar-refractivity contribution in [3.8, 4) is 0 Å². The van der Waals surface area contributed by atoms with Crippen molar-refractivity contribution >= 4 is 29.1 Å². The molecule has 1 aromatic heterocycles. The number of methoxy groups -OCH3 is 1. The maximum absolute atomic E-state index is 12.4. The van der Waals surface area contributed by atoms with Gasteiger partial charge in [0, 0.05) is 25.9 Å². The standard InChI is InChI=1S/C13H16Cl2N2O2/c1-8-5-10(19-2)3-4-17(8)13(18)9-6-11(14)12(15)16-7-9/h6-8,10H,3-5H2,1-2H3. The Kier molecular flexibility index (Phi) is 4.66. The first-order chi connectivity index (χ1) is 9.02. The largest absolute Gasteiger partial charge is 0.381 e. The van der Waals surface area contributed by atoms with Crippen LogP contribution in [0.5, 0.6) is 0 Å². The molecule has 0 N–H and O–H groups in total. The topological polar surface area (TPSA) is 42.4 Å². The van der Waals surface area contributed by atoms with E-state index in [9.17, 15) is 4.79 Å². The van der Waals surface area contributed by atoms with Crippen molar-refractivity contribution in [1.29, 1.82) is 0 Å². The number of hydrogen-bond acceptors (Lipinski definition) is 3. The van der Waals surface area contributed by atoms with Crippen molar-refractivity contribution in [2.75, 3.05) is 13.7 Å². The first kappa shape index (κ1) is 14.6. The van der Waals surface area contributed by atoms with Crippen LogP contribution in [-0.4, -0.2) is 41.6 Å². The summed E-state index contributed by atoms with van der Waals surface area (Å²) in [6.45, 7) is 2.70. The van der Waals surface area contributed by atoms with Gasteiger partial charge in [-0.3, -0.25) is 4.79 Å². The summed E-state index contributed by atoms with van der Waals surface area (Å²) in [5, 5.41) is 0.510. The van der Waals surface area contributed by atoms with Gasteiger partial charge >= 0.3 is 0 Å². The average Bonchev–Trinajstić information content (AvgIpc) is 2.41. The van der Waals surface area contributed by atoms with Gasteiger partial charge in [-0.25, -0.2) is 4.98 Å². The lowest BCUT2D eigenvalue weighted by Crippen LogP contribution is -2.46. The molecule has 1 fully saturated rings. The second-order valence-electron chi connectivity index (χ2n) is 4.73. The number of nitrogens with zero attached hydrogens (tertiary/aromatic N) is 2. The summed E-state index contributed by atoms with van der Waals surface area (Å²) in [5.74, 6) is -0.0619. The van der Waals surface area contributed by atoms with Crippen molar-refractivity contribution in [2.45, 2.75) is 31.9 Å². The lowest BCUT2D eigenvalue weighted by atomic mass is 10.00. The molecule has 1 amide bonds. The molecule has 1 aromatic rings. The van der Waals surface area contributed by atoms with Gasteiger partial charge in [-0.2, -0.15) is 0 Å². The van der Waals surface area contributed by atoms with Gasteiger partial charge in [-0.05, 0) is 25.8 Å². The minimum absolute atomic E-state index is 0.0619. The van der Waals surface area contributed by atoms with Crippen molar-refractivity contribution in [3.05, 3.63) is 28.0 Å². The smallest absolute Gasteiger partial charge is 0.255 e. The van der Waals surface area contributed by atoms with E-state index in [4.69, 9.17) is 27.9 Å². The molecule has 6 heteroatoms. The van der Waals surface area contributed by atoms with Crippen LogP contribution in [0.15, 0.2) is 12.3 Å². The number of rotatable bonds is 2. The molecule has 2 unspecified atom stereocenters. The van der Waals surface area contributed by atoms with Crippen molar-refractivity contribution < 1.29 is 9.53 Å². The molecule has 0 radical (unpaired) electrons. The molecule has 0 bridgehead atoms. The van der Waals surface area contributed by atoms with Crippen molar-refractivity contribution in [1.82, 2.24) is 9.88 Å². The third-order valence-corrected chi connectivity index (χ3v) is 4.15. The number of likely N-dealkylation sites (tertiary alicyclic amines) is 1. The summed E-state index contributed by atoms with van der Waals surface area (Å²) in [5.41, 5.74) is 0.470. The molecule has 1 aliphatic heterocycles. The normalized spacial score (nSPS) is 23.5. The van der Waals surface area contributed by atoms with Gasteiger partial charge in [-0.15, -0.1) is 0 Å². The predicted molar refractivity (Wildman–Crippen MR) is 74.8 cm³/mol. The summed E-state index contributed by atoms with van der Waals surface area (Å²) in [6.07, 6.45) is 3.38. The van der Waals surface area contributed by atoms with Gasteiger partial charge in [0.1, 0.15) is 5.15 Å². The zero-order valence-electron chi connectivity index (χ0n) is 10.9. The van der Waals surface area contributed by atoms with Crippen molar-refractivity contribution in [2.24, 2.45) is 0 Å². The minimum atomic E-state index is -0.0619. The highest BCUT2D eigenvalue weighted by Crippen LogP contribution is 2.24. The molecule has 104 valence electrons. The zero-order chi connectivity index (χ0) is 14.0. The Morgan fingerprint density at radius 2 is 2.26 bits per heavy atom. The number of hydrogen-bond donors (Lipinski definition) is 0. The fourth-order valence-corrected chi connectivity index (χ4v) is 2.62. The molecule has 0 spiro atoms. The molecule has 4 nitrogen and oxygen atoms in total. The molecule has 1 aliphatic rings. The molecular weight excluding hydrogens is 287 g/mol. The molecule has 0 aromatic carbocycles. The van der Waals surface area contributed by atoms with Gasteiger partial charge in [0.05, 0.1) is 16.7 Å². The third-order valence-electron chi connectivity index (χ3n) is 3.47. The van der Waals surface area contributed by atoms with E-state index < -0.39 is 0 Å². The molecule has 2 atom stereocenters. The second kappa shape index (κ2) is 6.07. The Bertz CT molecular complexity index is 482. The van der Waals surface area contributed by atoms with Crippen LogP contribution in [0.4, 0.5) is 0 Å². The summed E-state index contributed by atoms with van der Waals surface area (Å²) in [4.78, 5) is 18.2. The number of ether oxygens (including phenoxy) is 1. The molecule has 0 aliphatic carbocycles. The van der Waals surface area contributed by atoms with E-state index in [1.165, 1.54) is 6.20 Å². The maximum Gasteiger partial charge on any atom is 0.255 e. The third kappa shape index (κ3) is 3.19. The molecule has 0 saturated carbocycles. The average molecular weight is 303 g/mol. The fraction of sp³-hybridized carbons (Fsp3) is 0.538. The molecule has 19 heavy (non-hydrogen) atoms. The zero-order valence-corrected chi connectivity index (χ0v) is 12.4. The van der Waals surface area contributed by atoms with Gasteiger partial charge in [0.25, 0.3) is 5.91 Å². The van der Waals surface area contributed by atoms with Crippen LogP contribution in [0, 0.1) is 0 Å². The molecule has 2 rings (SSSR count). The molecule has 2 heterocycles. The van der Waals surface area contributed by atoms with Crippen LogP contribution in [0.1, 0.15) is 30.1 Å². The SMILES string of the molecule is COC1CCN(C(=O)c2cnc(Cl)c(Cl)c2)C(C)C1. The Hall–Kier alpha value is -0.840. The number of carbonyl (C=O) groups excluding carboxylic acids is 1. The van der Waals surface area contributed by atoms with E-state index >= 15 is 0 Å². The van der Waals surface area contributed by atoms with E-state index in [2.05, 4.69) is 4.98 Å². The highest BCUT2D eigenvalue weighted by atomic mass is 35.5. The number of piperidine rings is 1. The molecule has 1 saturated heterocycles. The summed E-state index contributed by atoms with van der Waals surface area (Å²) in [7, 11) is 1.71. The van der Waals surface area contributed by atoms with Gasteiger partial charge < -0.3 is 9.64 Å². The van der Waals surface area contributed by atoms with Crippen molar-refractivity contribution in [3.63, 3.8) is 0 Å². The Morgan fingerprint density at radius 3 is 2.84 bits per heavy atom. The lowest BCUT2D eigenvalue weighted by molar-refractivity contribution is 0.0160. The van der Waals surface area contributed by atoms with Gasteiger partial charge in [0.2, 0.25) is 0 Å². The number of halogens is 2. The van der Waals surface area contributed by atoms with Crippen LogP contribution in [0.2, 0.25) is 10.2 Å². The summed E-state index contributed by atoms with van der Waals surface area (Å²) in [6, 6.07) is 1.70. The summed E-state index contributed by atoms with van der Waals surface area (Å²) < 4.78 is 5.34. The quantitative estimate of drug-likeness (QED) is 0.789. The Morgan fingerprint density at radius 1 is 1.53 bits per heavy atom. The van der Waals surface area contributed by atoms with Gasteiger partial charge in [0.15, 0.2) is 0 Å². The highest BCUT2D eigenvalue weighted by Gasteiger charge is 2.29. The Labute approximate surface area is 122 Å². The lowest BCUT2D eigenvalue weighted by Gasteiger charge is -2.37. The number of aromatic nitrogens is 1. The maximum atomic E-state index is 12.4. The summed E-state index contributed by atoms with van der Waals surface area (Å²) >= 11 is 11.6. The highest BCUT2D eigenvalue weighted by molar-refractivity contribution is 6.41. The van der Waals surface area contributed by atoms with E-state index in [0.717, 1.165) is 12.8 Å². The van der Waals surface area contributed by atoms with E-state index in [1.807, 2.05) is 11.8 Å².